The van der Waals surface area contributed by atoms with Crippen molar-refractivity contribution < 1.29 is 14.3 Å². The number of hydrogen-bond donors (Lipinski definition) is 1. The van der Waals surface area contributed by atoms with Gasteiger partial charge in [0.15, 0.2) is 11.0 Å². The zero-order valence-electron chi connectivity index (χ0n) is 12.9. The smallest absolute Gasteiger partial charge is 0.352 e. The summed E-state index contributed by atoms with van der Waals surface area (Å²) >= 11 is 6.88. The third kappa shape index (κ3) is 4.27. The van der Waals surface area contributed by atoms with Crippen molar-refractivity contribution in [3.05, 3.63) is 39.4 Å². The van der Waals surface area contributed by atoms with E-state index in [2.05, 4.69) is 14.9 Å². The van der Waals surface area contributed by atoms with Crippen molar-refractivity contribution in [2.24, 2.45) is 0 Å². The number of anilines is 1. The standard InChI is InChI=1S/C15H16ClN3O3S/c1-4-11-13(23-19-18-11)15(21)22-9(3)14(20)17-12-7-10(16)6-5-8(12)2/h5-7,9H,4H2,1-3H3,(H,17,20)/t9-/m0/s1. The molecule has 0 radical (unpaired) electrons. The molecule has 0 unspecified atom stereocenters. The van der Waals surface area contributed by atoms with Gasteiger partial charge in [0.05, 0.1) is 5.69 Å². The van der Waals surface area contributed by atoms with E-state index in [1.807, 2.05) is 13.8 Å². The second-order valence-electron chi connectivity index (χ2n) is 4.90. The Bertz CT molecular complexity index is 733. The zero-order valence-corrected chi connectivity index (χ0v) is 14.5. The lowest BCUT2D eigenvalue weighted by Gasteiger charge is -2.14. The Morgan fingerprint density at radius 1 is 1.43 bits per heavy atom. The van der Waals surface area contributed by atoms with Gasteiger partial charge < -0.3 is 10.1 Å². The molecule has 0 aliphatic heterocycles. The summed E-state index contributed by atoms with van der Waals surface area (Å²) in [5, 5.41) is 7.06. The van der Waals surface area contributed by atoms with E-state index in [4.69, 9.17) is 16.3 Å². The van der Waals surface area contributed by atoms with E-state index in [1.165, 1.54) is 6.92 Å². The predicted molar refractivity (Wildman–Crippen MR) is 89.0 cm³/mol. The van der Waals surface area contributed by atoms with Gasteiger partial charge in [-0.2, -0.15) is 0 Å². The highest BCUT2D eigenvalue weighted by Crippen LogP contribution is 2.21. The lowest BCUT2D eigenvalue weighted by molar-refractivity contribution is -0.123. The van der Waals surface area contributed by atoms with E-state index >= 15 is 0 Å². The molecule has 1 heterocycles. The first-order chi connectivity index (χ1) is 10.9. The lowest BCUT2D eigenvalue weighted by Crippen LogP contribution is -2.30. The number of benzene rings is 1. The van der Waals surface area contributed by atoms with Crippen LogP contribution in [0.2, 0.25) is 5.02 Å². The summed E-state index contributed by atoms with van der Waals surface area (Å²) in [5.74, 6) is -1.03. The predicted octanol–water partition coefficient (Wildman–Crippen LogP) is 3.25. The maximum Gasteiger partial charge on any atom is 0.352 e. The van der Waals surface area contributed by atoms with Gasteiger partial charge in [0.2, 0.25) is 0 Å². The molecule has 1 amide bonds. The molecule has 0 saturated carbocycles. The Labute approximate surface area is 143 Å². The number of esters is 1. The number of halogens is 1. The second-order valence-corrected chi connectivity index (χ2v) is 6.09. The Morgan fingerprint density at radius 3 is 2.87 bits per heavy atom. The third-order valence-corrected chi connectivity index (χ3v) is 4.17. The van der Waals surface area contributed by atoms with Crippen molar-refractivity contribution in [1.29, 1.82) is 0 Å². The molecule has 2 aromatic rings. The van der Waals surface area contributed by atoms with Crippen LogP contribution in [-0.2, 0) is 16.0 Å². The van der Waals surface area contributed by atoms with Gasteiger partial charge in [-0.3, -0.25) is 4.79 Å². The first kappa shape index (κ1) is 17.4. The molecule has 0 saturated heterocycles. The van der Waals surface area contributed by atoms with E-state index in [-0.39, 0.29) is 0 Å². The fourth-order valence-corrected chi connectivity index (χ4v) is 2.63. The molecule has 1 aromatic heterocycles. The largest absolute Gasteiger partial charge is 0.448 e. The molecule has 0 fully saturated rings. The van der Waals surface area contributed by atoms with Crippen molar-refractivity contribution in [3.63, 3.8) is 0 Å². The van der Waals surface area contributed by atoms with Gasteiger partial charge in [0, 0.05) is 10.7 Å². The molecular formula is C15H16ClN3O3S. The number of nitrogens with one attached hydrogen (secondary N) is 1. The maximum absolute atomic E-state index is 12.2. The van der Waals surface area contributed by atoms with Crippen molar-refractivity contribution in [2.75, 3.05) is 5.32 Å². The Morgan fingerprint density at radius 2 is 2.17 bits per heavy atom. The van der Waals surface area contributed by atoms with Gasteiger partial charge >= 0.3 is 5.97 Å². The molecule has 1 aromatic carbocycles. The van der Waals surface area contributed by atoms with Crippen LogP contribution in [0, 0.1) is 6.92 Å². The van der Waals surface area contributed by atoms with Crippen LogP contribution in [0.15, 0.2) is 18.2 Å². The van der Waals surface area contributed by atoms with Crippen LogP contribution >= 0.6 is 23.1 Å². The van der Waals surface area contributed by atoms with Gasteiger partial charge in [-0.25, -0.2) is 4.79 Å². The number of aryl methyl sites for hydroxylation is 2. The van der Waals surface area contributed by atoms with Crippen LogP contribution in [0.25, 0.3) is 0 Å². The second kappa shape index (κ2) is 7.52. The summed E-state index contributed by atoms with van der Waals surface area (Å²) in [6.45, 7) is 5.22. The van der Waals surface area contributed by atoms with E-state index in [0.717, 1.165) is 17.1 Å². The normalized spacial score (nSPS) is 11.8. The molecule has 1 atom stereocenters. The summed E-state index contributed by atoms with van der Waals surface area (Å²) < 4.78 is 8.92. The number of amides is 1. The minimum Gasteiger partial charge on any atom is -0.448 e. The first-order valence-electron chi connectivity index (χ1n) is 7.01. The molecule has 6 nitrogen and oxygen atoms in total. The van der Waals surface area contributed by atoms with Gasteiger partial charge in [0.25, 0.3) is 5.91 Å². The number of carbonyl (C=O) groups is 2. The molecule has 0 spiro atoms. The van der Waals surface area contributed by atoms with Crippen LogP contribution in [0.5, 0.6) is 0 Å². The summed E-state index contributed by atoms with van der Waals surface area (Å²) in [4.78, 5) is 24.6. The van der Waals surface area contributed by atoms with E-state index < -0.39 is 18.0 Å². The Balaban J connectivity index is 2.02. The number of ether oxygens (including phenoxy) is 1. The van der Waals surface area contributed by atoms with Crippen LogP contribution in [0.4, 0.5) is 5.69 Å². The van der Waals surface area contributed by atoms with Crippen LogP contribution in [0.3, 0.4) is 0 Å². The quantitative estimate of drug-likeness (QED) is 0.834. The summed E-state index contributed by atoms with van der Waals surface area (Å²) in [6, 6.07) is 5.18. The van der Waals surface area contributed by atoms with E-state index in [0.29, 0.717) is 27.7 Å². The number of aromatic nitrogens is 2. The number of carbonyl (C=O) groups excluding carboxylic acids is 2. The highest BCUT2D eigenvalue weighted by atomic mass is 35.5. The van der Waals surface area contributed by atoms with Gasteiger partial charge in [-0.15, -0.1) is 5.10 Å². The van der Waals surface area contributed by atoms with Gasteiger partial charge in [0.1, 0.15) is 0 Å². The average molecular weight is 354 g/mol. The third-order valence-electron chi connectivity index (χ3n) is 3.19. The summed E-state index contributed by atoms with van der Waals surface area (Å²) in [5.41, 5.74) is 2.01. The molecule has 0 bridgehead atoms. The zero-order chi connectivity index (χ0) is 17.0. The molecule has 23 heavy (non-hydrogen) atoms. The van der Waals surface area contributed by atoms with Crippen LogP contribution in [0.1, 0.15) is 34.8 Å². The lowest BCUT2D eigenvalue weighted by atomic mass is 10.2. The van der Waals surface area contributed by atoms with Crippen LogP contribution < -0.4 is 5.32 Å². The molecule has 1 N–H and O–H groups in total. The average Bonchev–Trinajstić information content (AvgIpc) is 2.99. The van der Waals surface area contributed by atoms with Crippen molar-refractivity contribution >= 4 is 40.7 Å². The van der Waals surface area contributed by atoms with Crippen molar-refractivity contribution in [3.8, 4) is 0 Å². The first-order valence-corrected chi connectivity index (χ1v) is 8.16. The molecule has 0 aliphatic carbocycles. The minimum absolute atomic E-state index is 0.325. The molecule has 2 rings (SSSR count). The minimum atomic E-state index is -0.951. The number of rotatable bonds is 5. The van der Waals surface area contributed by atoms with E-state index in [9.17, 15) is 9.59 Å². The van der Waals surface area contributed by atoms with Gasteiger partial charge in [-0.05, 0) is 49.5 Å². The molecule has 8 heteroatoms. The van der Waals surface area contributed by atoms with Crippen LogP contribution in [-0.4, -0.2) is 27.6 Å². The fraction of sp³-hybridized carbons (Fsp3) is 0.333. The van der Waals surface area contributed by atoms with Crippen molar-refractivity contribution in [1.82, 2.24) is 9.59 Å². The number of hydrogen-bond acceptors (Lipinski definition) is 6. The fourth-order valence-electron chi connectivity index (χ4n) is 1.83. The maximum atomic E-state index is 12.2. The molecule has 0 aliphatic rings. The van der Waals surface area contributed by atoms with Crippen molar-refractivity contribution in [2.45, 2.75) is 33.3 Å². The SMILES string of the molecule is CCc1nnsc1C(=O)O[C@@H](C)C(=O)Nc1cc(Cl)ccc1C. The Kier molecular flexibility index (Phi) is 5.68. The highest BCUT2D eigenvalue weighted by molar-refractivity contribution is 7.07. The summed E-state index contributed by atoms with van der Waals surface area (Å²) in [6.07, 6.45) is -0.379. The Hall–Kier alpha value is -1.99. The number of nitrogens with zero attached hydrogens (tertiary/aromatic N) is 2. The molecular weight excluding hydrogens is 338 g/mol. The topological polar surface area (TPSA) is 81.2 Å². The summed E-state index contributed by atoms with van der Waals surface area (Å²) in [7, 11) is 0. The van der Waals surface area contributed by atoms with Gasteiger partial charge in [-0.1, -0.05) is 29.1 Å². The monoisotopic (exact) mass is 353 g/mol. The molecule has 122 valence electrons. The van der Waals surface area contributed by atoms with E-state index in [1.54, 1.807) is 18.2 Å². The highest BCUT2D eigenvalue weighted by Gasteiger charge is 2.23.